The van der Waals surface area contributed by atoms with E-state index in [1.54, 1.807) is 26.2 Å². The minimum absolute atomic E-state index is 0.0383. The zero-order valence-electron chi connectivity index (χ0n) is 17.9. The number of aryl methyl sites for hydroxylation is 1. The number of rotatable bonds is 8. The van der Waals surface area contributed by atoms with Gasteiger partial charge in [0.15, 0.2) is 11.6 Å². The molecule has 0 fully saturated rings. The van der Waals surface area contributed by atoms with E-state index in [9.17, 15) is 17.6 Å². The van der Waals surface area contributed by atoms with Crippen molar-refractivity contribution < 1.29 is 27.1 Å². The topological polar surface area (TPSA) is 88.7 Å². The Bertz CT molecular complexity index is 1220. The van der Waals surface area contributed by atoms with Gasteiger partial charge in [0, 0.05) is 22.7 Å². The Morgan fingerprint density at radius 1 is 1.13 bits per heavy atom. The summed E-state index contributed by atoms with van der Waals surface area (Å²) in [7, 11) is -1.15. The largest absolute Gasteiger partial charge is 0.497 e. The summed E-state index contributed by atoms with van der Waals surface area (Å²) in [6, 6.07) is 9.07. The van der Waals surface area contributed by atoms with Crippen molar-refractivity contribution in [1.29, 1.82) is 0 Å². The number of sulfonamides is 1. The van der Waals surface area contributed by atoms with Gasteiger partial charge in [0.25, 0.3) is 0 Å². The van der Waals surface area contributed by atoms with Crippen LogP contribution in [-0.4, -0.2) is 39.3 Å². The van der Waals surface area contributed by atoms with Gasteiger partial charge in [-0.15, -0.1) is 0 Å². The fourth-order valence-electron chi connectivity index (χ4n) is 3.53. The lowest BCUT2D eigenvalue weighted by Crippen LogP contribution is -2.39. The monoisotopic (exact) mass is 448 g/mol. The third kappa shape index (κ3) is 4.51. The number of amides is 1. The molecule has 1 aromatic heterocycles. The first kappa shape index (κ1) is 22.6. The van der Waals surface area contributed by atoms with Crippen molar-refractivity contribution in [3.05, 3.63) is 53.5 Å². The summed E-state index contributed by atoms with van der Waals surface area (Å²) in [5, 5.41) is 0.763. The maximum Gasteiger partial charge on any atom is 0.245 e. The lowest BCUT2D eigenvalue weighted by Gasteiger charge is -2.23. The summed E-state index contributed by atoms with van der Waals surface area (Å²) in [5.41, 5.74) is 2.14. The molecule has 1 heterocycles. The van der Waals surface area contributed by atoms with Crippen LogP contribution in [0.15, 0.2) is 36.4 Å². The summed E-state index contributed by atoms with van der Waals surface area (Å²) in [4.78, 5) is 16.5. The fraction of sp³-hybridized carbons (Fsp3) is 0.318. The highest BCUT2D eigenvalue weighted by atomic mass is 32.2. The maximum absolute atomic E-state index is 14.3. The number of anilines is 1. The van der Waals surface area contributed by atoms with E-state index in [-0.39, 0.29) is 23.6 Å². The van der Waals surface area contributed by atoms with Crippen LogP contribution in [0.3, 0.4) is 0 Å². The molecule has 3 aromatic rings. The minimum atomic E-state index is -4.00. The van der Waals surface area contributed by atoms with Crippen LogP contribution in [0.25, 0.3) is 10.9 Å². The van der Waals surface area contributed by atoms with Crippen molar-refractivity contribution in [3.63, 3.8) is 0 Å². The first-order chi connectivity index (χ1) is 14.7. The summed E-state index contributed by atoms with van der Waals surface area (Å²) < 4.78 is 51.0. The average Bonchev–Trinajstić information content (AvgIpc) is 3.02. The predicted molar refractivity (Wildman–Crippen MR) is 118 cm³/mol. The molecule has 3 rings (SSSR count). The van der Waals surface area contributed by atoms with Crippen molar-refractivity contribution in [3.8, 4) is 11.5 Å². The van der Waals surface area contributed by atoms with Gasteiger partial charge in [-0.3, -0.25) is 4.79 Å². The van der Waals surface area contributed by atoms with E-state index in [0.29, 0.717) is 22.0 Å². The molecular formula is C22H25FN2O5S. The lowest BCUT2D eigenvalue weighted by atomic mass is 10.1. The molecule has 0 atom stereocenters. The summed E-state index contributed by atoms with van der Waals surface area (Å²) in [6.07, 6.45) is 0.129. The minimum Gasteiger partial charge on any atom is -0.497 e. The number of nitrogens with one attached hydrogen (secondary N) is 1. The van der Waals surface area contributed by atoms with E-state index in [0.717, 1.165) is 22.7 Å². The van der Waals surface area contributed by atoms with Gasteiger partial charge in [-0.05, 0) is 49.2 Å². The van der Waals surface area contributed by atoms with Gasteiger partial charge in [0.1, 0.15) is 5.75 Å². The molecule has 9 heteroatoms. The van der Waals surface area contributed by atoms with Gasteiger partial charge in [-0.25, -0.2) is 17.1 Å². The molecule has 0 radical (unpaired) electrons. The number of aromatic nitrogens is 1. The van der Waals surface area contributed by atoms with Crippen molar-refractivity contribution in [2.75, 3.05) is 24.3 Å². The second kappa shape index (κ2) is 8.97. The van der Waals surface area contributed by atoms with Gasteiger partial charge < -0.3 is 14.5 Å². The Kier molecular flexibility index (Phi) is 6.54. The van der Waals surface area contributed by atoms with Crippen molar-refractivity contribution >= 4 is 32.5 Å². The van der Waals surface area contributed by atoms with Crippen molar-refractivity contribution in [2.24, 2.45) is 0 Å². The van der Waals surface area contributed by atoms with Gasteiger partial charge in [-0.1, -0.05) is 6.92 Å². The third-order valence-electron chi connectivity index (χ3n) is 4.99. The van der Waals surface area contributed by atoms with Crippen LogP contribution < -0.4 is 13.8 Å². The molecule has 0 unspecified atom stereocenters. The van der Waals surface area contributed by atoms with Gasteiger partial charge in [0.05, 0.1) is 32.1 Å². The lowest BCUT2D eigenvalue weighted by molar-refractivity contribution is -0.116. The number of methoxy groups -OCH3 is 2. The van der Waals surface area contributed by atoms with E-state index in [1.807, 2.05) is 13.0 Å². The smallest absolute Gasteiger partial charge is 0.245 e. The third-order valence-corrected chi connectivity index (χ3v) is 6.89. The van der Waals surface area contributed by atoms with Gasteiger partial charge in [0.2, 0.25) is 15.9 Å². The Labute approximate surface area is 180 Å². The number of carbonyl (C=O) groups excluding carboxylic acids is 1. The number of ether oxygens (including phenoxy) is 2. The van der Waals surface area contributed by atoms with Crippen LogP contribution in [0.5, 0.6) is 11.5 Å². The van der Waals surface area contributed by atoms with Crippen LogP contribution in [0.1, 0.15) is 24.6 Å². The van der Waals surface area contributed by atoms with Gasteiger partial charge >= 0.3 is 0 Å². The molecule has 0 bridgehead atoms. The van der Waals surface area contributed by atoms with Crippen molar-refractivity contribution in [1.82, 2.24) is 4.98 Å². The van der Waals surface area contributed by atoms with E-state index in [4.69, 9.17) is 9.47 Å². The molecule has 166 valence electrons. The number of nitrogens with zero attached hydrogens (tertiary/aromatic N) is 1. The second-order valence-electron chi connectivity index (χ2n) is 7.11. The van der Waals surface area contributed by atoms with E-state index in [1.165, 1.54) is 19.2 Å². The summed E-state index contributed by atoms with van der Waals surface area (Å²) in [5.74, 6) is -1.09. The molecule has 1 amide bonds. The summed E-state index contributed by atoms with van der Waals surface area (Å²) in [6.45, 7) is 3.51. The van der Waals surface area contributed by atoms with E-state index < -0.39 is 21.7 Å². The van der Waals surface area contributed by atoms with Crippen LogP contribution in [-0.2, 0) is 21.2 Å². The molecule has 0 aliphatic heterocycles. The Balaban J connectivity index is 2.07. The molecule has 7 nitrogen and oxygen atoms in total. The zero-order chi connectivity index (χ0) is 22.8. The highest BCUT2D eigenvalue weighted by Crippen LogP contribution is 2.30. The maximum atomic E-state index is 14.3. The Morgan fingerprint density at radius 3 is 2.48 bits per heavy atom. The highest BCUT2D eigenvalue weighted by Gasteiger charge is 2.30. The second-order valence-corrected chi connectivity index (χ2v) is 9.05. The number of benzene rings is 2. The molecule has 31 heavy (non-hydrogen) atoms. The number of hydrogen-bond acceptors (Lipinski definition) is 5. The SMILES string of the molecule is CCCS(=O)(=O)N(C(=O)Cc1c(C)[nH]c2ccc(OC)cc12)c1ccc(OC)c(F)c1. The number of halogens is 1. The molecule has 0 spiro atoms. The van der Waals surface area contributed by atoms with E-state index >= 15 is 0 Å². The molecule has 1 N–H and O–H groups in total. The van der Waals surface area contributed by atoms with Crippen LogP contribution in [0, 0.1) is 12.7 Å². The van der Waals surface area contributed by atoms with E-state index in [2.05, 4.69) is 4.98 Å². The van der Waals surface area contributed by atoms with Crippen LogP contribution in [0.4, 0.5) is 10.1 Å². The fourth-order valence-corrected chi connectivity index (χ4v) is 5.04. The predicted octanol–water partition coefficient (Wildman–Crippen LogP) is 3.95. The number of carbonyl (C=O) groups is 1. The number of aromatic amines is 1. The first-order valence-electron chi connectivity index (χ1n) is 9.76. The zero-order valence-corrected chi connectivity index (χ0v) is 18.7. The number of hydrogen-bond donors (Lipinski definition) is 1. The quantitative estimate of drug-likeness (QED) is 0.564. The Morgan fingerprint density at radius 2 is 1.87 bits per heavy atom. The molecule has 0 saturated carbocycles. The standard InChI is InChI=1S/C22H25FN2O5S/c1-5-10-31(27,28)25(15-6-9-21(30-4)19(23)11-15)22(26)13-17-14(2)24-20-8-7-16(29-3)12-18(17)20/h6-9,11-12,24H,5,10,13H2,1-4H3. The molecule has 0 aliphatic carbocycles. The molecular weight excluding hydrogens is 423 g/mol. The highest BCUT2D eigenvalue weighted by molar-refractivity contribution is 7.93. The first-order valence-corrected chi connectivity index (χ1v) is 11.4. The van der Waals surface area contributed by atoms with Crippen molar-refractivity contribution in [2.45, 2.75) is 26.7 Å². The van der Waals surface area contributed by atoms with Crippen LogP contribution in [0.2, 0.25) is 0 Å². The Hall–Kier alpha value is -3.07. The normalized spacial score (nSPS) is 11.5. The average molecular weight is 449 g/mol. The van der Waals surface area contributed by atoms with Crippen LogP contribution >= 0.6 is 0 Å². The van der Waals surface area contributed by atoms with Gasteiger partial charge in [-0.2, -0.15) is 0 Å². The number of H-pyrrole nitrogens is 1. The summed E-state index contributed by atoms with van der Waals surface area (Å²) >= 11 is 0. The number of fused-ring (bicyclic) bond motifs is 1. The molecule has 2 aromatic carbocycles. The molecule has 0 saturated heterocycles. The molecule has 0 aliphatic rings.